The summed E-state index contributed by atoms with van der Waals surface area (Å²) in [5.74, 6) is 0. The van der Waals surface area contributed by atoms with Crippen LogP contribution in [0.15, 0.2) is 0 Å². The molecule has 0 amide bonds. The fraction of sp³-hybridized carbons (Fsp3) is 0.929. The fourth-order valence-electron chi connectivity index (χ4n) is 1.64. The molecule has 116 valence electrons. The maximum Gasteiger partial charge on any atom is 0.211 e. The Hall–Kier alpha value is -0.100. The van der Waals surface area contributed by atoms with Gasteiger partial charge in [-0.05, 0) is 12.8 Å². The number of unbranched alkanes of at least 4 members (excludes halogenated alkanes) is 9. The lowest BCUT2D eigenvalue weighted by Crippen LogP contribution is -1.89. The largest absolute Gasteiger partial charge is 0.396 e. The van der Waals surface area contributed by atoms with E-state index in [0.717, 1.165) is 12.8 Å². The van der Waals surface area contributed by atoms with Crippen molar-refractivity contribution in [1.82, 2.24) is 0 Å². The lowest BCUT2D eigenvalue weighted by atomic mass is 10.1. The summed E-state index contributed by atoms with van der Waals surface area (Å²) in [4.78, 5) is 9.43. The highest BCUT2D eigenvalue weighted by Crippen LogP contribution is 2.10. The highest BCUT2D eigenvalue weighted by Gasteiger charge is 1.92. The summed E-state index contributed by atoms with van der Waals surface area (Å²) in [7, 11) is 0. The molecule has 0 rings (SSSR count). The summed E-state index contributed by atoms with van der Waals surface area (Å²) in [5.41, 5.74) is 0. The van der Waals surface area contributed by atoms with Gasteiger partial charge in [-0.3, -0.25) is 4.79 Å². The van der Waals surface area contributed by atoms with Crippen molar-refractivity contribution in [3.63, 3.8) is 0 Å². The van der Waals surface area contributed by atoms with E-state index >= 15 is 0 Å². The zero-order valence-corrected chi connectivity index (χ0v) is 12.8. The highest BCUT2D eigenvalue weighted by molar-refractivity contribution is 7.96. The Bertz CT molecular complexity index is 165. The molecule has 4 nitrogen and oxygen atoms in total. The van der Waals surface area contributed by atoms with Gasteiger partial charge < -0.3 is 15.3 Å². The van der Waals surface area contributed by atoms with Crippen LogP contribution in [0.3, 0.4) is 0 Å². The smallest absolute Gasteiger partial charge is 0.211 e. The summed E-state index contributed by atoms with van der Waals surface area (Å²) in [6.45, 7) is 0.228. The number of aliphatic hydroxyl groups excluding tert-OH is 3. The Morgan fingerprint density at radius 1 is 0.632 bits per heavy atom. The molecule has 5 heteroatoms. The molecule has 0 aliphatic heterocycles. The van der Waals surface area contributed by atoms with Gasteiger partial charge in [-0.2, -0.15) is 0 Å². The summed E-state index contributed by atoms with van der Waals surface area (Å²) in [6.07, 6.45) is 12.2. The van der Waals surface area contributed by atoms with Crippen molar-refractivity contribution in [2.45, 2.75) is 64.2 Å². The van der Waals surface area contributed by atoms with Crippen LogP contribution < -0.4 is 0 Å². The molecule has 0 aromatic rings. The number of rotatable bonds is 12. The van der Waals surface area contributed by atoms with Crippen LogP contribution in [0.1, 0.15) is 64.2 Å². The van der Waals surface area contributed by atoms with Gasteiger partial charge >= 0.3 is 0 Å². The van der Waals surface area contributed by atoms with Gasteiger partial charge in [-0.25, -0.2) is 0 Å². The molecule has 0 unspecified atom stereocenters. The molecule has 3 N–H and O–H groups in total. The van der Waals surface area contributed by atoms with E-state index in [2.05, 4.69) is 12.6 Å². The first-order valence-electron chi connectivity index (χ1n) is 7.23. The predicted molar refractivity (Wildman–Crippen MR) is 81.4 cm³/mol. The van der Waals surface area contributed by atoms with Gasteiger partial charge in [0.2, 0.25) is 5.12 Å². The van der Waals surface area contributed by atoms with Crippen molar-refractivity contribution in [2.24, 2.45) is 0 Å². The maximum atomic E-state index is 9.43. The lowest BCUT2D eigenvalue weighted by molar-refractivity contribution is -0.113. The standard InChI is InChI=1S/C12H26O2.C2H4O2S/c13-11-9-7-5-3-1-2-4-6-8-10-12-14;3-1-2(4)5/h13-14H,1-12H2;3H,1H2,(H,4,5). The van der Waals surface area contributed by atoms with Crippen molar-refractivity contribution in [1.29, 1.82) is 0 Å². The first kappa shape index (κ1) is 21.2. The summed E-state index contributed by atoms with van der Waals surface area (Å²) in [5, 5.41) is 24.4. The number of thiol groups is 1. The van der Waals surface area contributed by atoms with Crippen molar-refractivity contribution in [3.8, 4) is 0 Å². The van der Waals surface area contributed by atoms with E-state index in [-0.39, 0.29) is 0 Å². The first-order chi connectivity index (χ1) is 9.18. The van der Waals surface area contributed by atoms with E-state index in [0.29, 0.717) is 13.2 Å². The number of aliphatic hydroxyl groups is 3. The van der Waals surface area contributed by atoms with Crippen LogP contribution in [0.5, 0.6) is 0 Å². The molecule has 0 saturated carbocycles. The average Bonchev–Trinajstić information content (AvgIpc) is 2.41. The molecule has 19 heavy (non-hydrogen) atoms. The average molecular weight is 294 g/mol. The Morgan fingerprint density at radius 3 is 1.00 bits per heavy atom. The summed E-state index contributed by atoms with van der Waals surface area (Å²) >= 11 is 3.21. The summed E-state index contributed by atoms with van der Waals surface area (Å²) < 4.78 is 0. The molecule has 0 aromatic heterocycles. The minimum Gasteiger partial charge on any atom is -0.396 e. The number of carbonyl (C=O) groups excluding carboxylic acids is 1. The second-order valence-electron chi connectivity index (χ2n) is 4.53. The molecule has 0 spiro atoms. The van der Waals surface area contributed by atoms with Crippen LogP contribution in [0.2, 0.25) is 0 Å². The van der Waals surface area contributed by atoms with Crippen molar-refractivity contribution >= 4 is 17.7 Å². The second-order valence-corrected chi connectivity index (χ2v) is 5.03. The van der Waals surface area contributed by atoms with Crippen LogP contribution in [0.25, 0.3) is 0 Å². The van der Waals surface area contributed by atoms with E-state index in [9.17, 15) is 4.79 Å². The number of hydrogen-bond donors (Lipinski definition) is 4. The van der Waals surface area contributed by atoms with E-state index < -0.39 is 11.7 Å². The van der Waals surface area contributed by atoms with Gasteiger partial charge in [0.05, 0.1) is 0 Å². The van der Waals surface area contributed by atoms with Crippen LogP contribution in [0.4, 0.5) is 0 Å². The van der Waals surface area contributed by atoms with E-state index in [1.807, 2.05) is 0 Å². The summed E-state index contributed by atoms with van der Waals surface area (Å²) in [6, 6.07) is 0. The third-order valence-corrected chi connectivity index (χ3v) is 2.84. The van der Waals surface area contributed by atoms with E-state index in [1.54, 1.807) is 0 Å². The van der Waals surface area contributed by atoms with Crippen LogP contribution in [-0.2, 0) is 4.79 Å². The van der Waals surface area contributed by atoms with Gasteiger partial charge in [0.15, 0.2) is 0 Å². The van der Waals surface area contributed by atoms with Crippen LogP contribution in [0, 0.1) is 0 Å². The molecule has 0 bridgehead atoms. The van der Waals surface area contributed by atoms with Gasteiger partial charge in [-0.15, -0.1) is 12.6 Å². The van der Waals surface area contributed by atoms with Crippen LogP contribution in [-0.4, -0.2) is 40.3 Å². The van der Waals surface area contributed by atoms with Crippen LogP contribution >= 0.6 is 12.6 Å². The Labute approximate surface area is 122 Å². The maximum absolute atomic E-state index is 9.43. The normalized spacial score (nSPS) is 9.89. The lowest BCUT2D eigenvalue weighted by Gasteiger charge is -2.01. The quantitative estimate of drug-likeness (QED) is 0.329. The van der Waals surface area contributed by atoms with E-state index in [4.69, 9.17) is 15.3 Å². The molecule has 0 aliphatic rings. The number of carbonyl (C=O) groups is 1. The monoisotopic (exact) mass is 294 g/mol. The van der Waals surface area contributed by atoms with Gasteiger partial charge in [0.25, 0.3) is 0 Å². The molecule has 0 atom stereocenters. The zero-order valence-electron chi connectivity index (χ0n) is 11.9. The molecule has 0 saturated heterocycles. The third kappa shape index (κ3) is 27.2. The molecular formula is C14H30O4S. The van der Waals surface area contributed by atoms with E-state index in [1.165, 1.54) is 51.4 Å². The highest BCUT2D eigenvalue weighted by atomic mass is 32.1. The minimum absolute atomic E-state index is 0.348. The zero-order chi connectivity index (χ0) is 14.8. The van der Waals surface area contributed by atoms with Crippen molar-refractivity contribution in [2.75, 3.05) is 19.8 Å². The first-order valence-corrected chi connectivity index (χ1v) is 7.68. The Kier molecular flexibility index (Phi) is 22.6. The molecule has 0 radical (unpaired) electrons. The van der Waals surface area contributed by atoms with Crippen molar-refractivity contribution < 1.29 is 20.1 Å². The number of hydrogen-bond acceptors (Lipinski definition) is 4. The third-order valence-electron chi connectivity index (χ3n) is 2.70. The topological polar surface area (TPSA) is 77.8 Å². The Balaban J connectivity index is 0. The fourth-order valence-corrected chi connectivity index (χ4v) is 1.64. The second kappa shape index (κ2) is 20.2. The molecule has 0 aliphatic carbocycles. The molecular weight excluding hydrogens is 264 g/mol. The van der Waals surface area contributed by atoms with Gasteiger partial charge in [0, 0.05) is 13.2 Å². The predicted octanol–water partition coefficient (Wildman–Crippen LogP) is 2.31. The molecule has 0 heterocycles. The molecule has 0 aromatic carbocycles. The van der Waals surface area contributed by atoms with Gasteiger partial charge in [0.1, 0.15) is 6.61 Å². The minimum atomic E-state index is -0.495. The SMILES string of the molecule is O=C(S)CO.OCCCCCCCCCCCCO. The van der Waals surface area contributed by atoms with Crippen molar-refractivity contribution in [3.05, 3.63) is 0 Å². The van der Waals surface area contributed by atoms with Gasteiger partial charge in [-0.1, -0.05) is 51.4 Å². The molecule has 0 fully saturated rings. The Morgan fingerprint density at radius 2 is 0.842 bits per heavy atom.